The van der Waals surface area contributed by atoms with Gasteiger partial charge >= 0.3 is 0 Å². The molecule has 4 rings (SSSR count). The number of imidazole rings is 1. The Kier molecular flexibility index (Phi) is 5.69. The van der Waals surface area contributed by atoms with Gasteiger partial charge in [0.25, 0.3) is 0 Å². The van der Waals surface area contributed by atoms with Crippen LogP contribution in [0.25, 0.3) is 0 Å². The van der Waals surface area contributed by atoms with Gasteiger partial charge in [-0.15, -0.1) is 0 Å². The number of piperidine rings is 2. The summed E-state index contributed by atoms with van der Waals surface area (Å²) in [5, 5.41) is 0. The molecule has 0 N–H and O–H groups in total. The Labute approximate surface area is 170 Å². The van der Waals surface area contributed by atoms with E-state index in [4.69, 9.17) is 0 Å². The highest BCUT2D eigenvalue weighted by Gasteiger charge is 2.35. The number of hydrogen-bond donors (Lipinski definition) is 0. The van der Waals surface area contributed by atoms with Gasteiger partial charge in [-0.1, -0.05) is 12.1 Å². The number of aromatic nitrogens is 2. The van der Waals surface area contributed by atoms with Crippen LogP contribution in [0.1, 0.15) is 31.7 Å². The van der Waals surface area contributed by atoms with Crippen LogP contribution in [-0.4, -0.2) is 59.3 Å². The van der Waals surface area contributed by atoms with E-state index in [2.05, 4.69) is 9.55 Å². The van der Waals surface area contributed by atoms with Gasteiger partial charge in [0.15, 0.2) is 0 Å². The highest BCUT2D eigenvalue weighted by molar-refractivity contribution is 7.89. The molecule has 2 aliphatic rings. The Hall–Kier alpha value is -2.26. The summed E-state index contributed by atoms with van der Waals surface area (Å²) < 4.78 is 42.8. The Bertz CT molecular complexity index is 948. The van der Waals surface area contributed by atoms with Crippen molar-refractivity contribution in [3.05, 3.63) is 48.8 Å². The fourth-order valence-electron chi connectivity index (χ4n) is 4.26. The first-order chi connectivity index (χ1) is 14.0. The molecule has 2 aromatic rings. The standard InChI is InChI=1S/C20H25FN4O3S/c21-18-3-1-2-4-19(18)29(27,28)25-12-5-16(6-13-25)20(26)23-10-7-17(8-11-23)24-14-9-22-15-24/h1-4,9,14-17H,5-8,10-13H2. The first-order valence-corrected chi connectivity index (χ1v) is 11.4. The van der Waals surface area contributed by atoms with Gasteiger partial charge in [-0.25, -0.2) is 17.8 Å². The number of halogens is 1. The largest absolute Gasteiger partial charge is 0.342 e. The summed E-state index contributed by atoms with van der Waals surface area (Å²) in [4.78, 5) is 18.6. The van der Waals surface area contributed by atoms with Gasteiger partial charge in [-0.3, -0.25) is 4.79 Å². The van der Waals surface area contributed by atoms with Crippen molar-refractivity contribution in [3.63, 3.8) is 0 Å². The molecule has 1 aromatic heterocycles. The quantitative estimate of drug-likeness (QED) is 0.761. The molecule has 156 valence electrons. The zero-order valence-corrected chi connectivity index (χ0v) is 17.0. The maximum atomic E-state index is 13.9. The molecule has 0 bridgehead atoms. The second kappa shape index (κ2) is 8.23. The molecule has 29 heavy (non-hydrogen) atoms. The van der Waals surface area contributed by atoms with Gasteiger partial charge in [0, 0.05) is 50.5 Å². The molecule has 9 heteroatoms. The van der Waals surface area contributed by atoms with E-state index in [1.54, 1.807) is 6.20 Å². The minimum Gasteiger partial charge on any atom is -0.342 e. The summed E-state index contributed by atoms with van der Waals surface area (Å²) in [5.74, 6) is -0.810. The Morgan fingerprint density at radius 1 is 1.03 bits per heavy atom. The van der Waals surface area contributed by atoms with E-state index in [1.165, 1.54) is 22.5 Å². The number of benzene rings is 1. The van der Waals surface area contributed by atoms with Gasteiger partial charge in [-0.05, 0) is 37.8 Å². The van der Waals surface area contributed by atoms with Crippen LogP contribution in [0.5, 0.6) is 0 Å². The summed E-state index contributed by atoms with van der Waals surface area (Å²) in [6.45, 7) is 1.88. The molecule has 0 aliphatic carbocycles. The number of carbonyl (C=O) groups excluding carboxylic acids is 1. The maximum absolute atomic E-state index is 13.9. The molecule has 1 aromatic carbocycles. The van der Waals surface area contributed by atoms with Crippen molar-refractivity contribution < 1.29 is 17.6 Å². The first kappa shape index (κ1) is 20.0. The topological polar surface area (TPSA) is 75.5 Å². The van der Waals surface area contributed by atoms with Gasteiger partial charge in [-0.2, -0.15) is 4.31 Å². The van der Waals surface area contributed by atoms with E-state index in [-0.39, 0.29) is 29.8 Å². The highest BCUT2D eigenvalue weighted by Crippen LogP contribution is 2.28. The van der Waals surface area contributed by atoms with Crippen LogP contribution in [0.4, 0.5) is 4.39 Å². The third kappa shape index (κ3) is 4.06. The summed E-state index contributed by atoms with van der Waals surface area (Å²) in [6, 6.07) is 5.78. The van der Waals surface area contributed by atoms with Gasteiger partial charge in [0.05, 0.1) is 6.33 Å². The van der Waals surface area contributed by atoms with Crippen LogP contribution in [0.2, 0.25) is 0 Å². The average molecular weight is 421 g/mol. The van der Waals surface area contributed by atoms with Crippen molar-refractivity contribution in [1.29, 1.82) is 0 Å². The van der Waals surface area contributed by atoms with E-state index >= 15 is 0 Å². The van der Waals surface area contributed by atoms with E-state index in [0.717, 1.165) is 18.9 Å². The first-order valence-electron chi connectivity index (χ1n) is 9.98. The summed E-state index contributed by atoms with van der Waals surface area (Å²) in [5.41, 5.74) is 0. The number of rotatable bonds is 4. The lowest BCUT2D eigenvalue weighted by atomic mass is 9.95. The van der Waals surface area contributed by atoms with Crippen LogP contribution in [-0.2, 0) is 14.8 Å². The molecule has 0 saturated carbocycles. The molecule has 2 aliphatic heterocycles. The van der Waals surface area contributed by atoms with E-state index < -0.39 is 15.8 Å². The monoisotopic (exact) mass is 420 g/mol. The van der Waals surface area contributed by atoms with Gasteiger partial charge in [0.2, 0.25) is 15.9 Å². The second-order valence-corrected chi connectivity index (χ2v) is 9.58. The summed E-state index contributed by atoms with van der Waals surface area (Å²) >= 11 is 0. The third-order valence-corrected chi connectivity index (χ3v) is 7.91. The highest BCUT2D eigenvalue weighted by atomic mass is 32.2. The fourth-order valence-corrected chi connectivity index (χ4v) is 5.80. The number of nitrogens with zero attached hydrogens (tertiary/aromatic N) is 4. The lowest BCUT2D eigenvalue weighted by molar-refractivity contribution is -0.138. The van der Waals surface area contributed by atoms with Crippen molar-refractivity contribution in [3.8, 4) is 0 Å². The Morgan fingerprint density at radius 2 is 1.72 bits per heavy atom. The van der Waals surface area contributed by atoms with Crippen LogP contribution < -0.4 is 0 Å². The number of amides is 1. The molecule has 0 radical (unpaired) electrons. The molecule has 3 heterocycles. The Balaban J connectivity index is 1.33. The molecular weight excluding hydrogens is 395 g/mol. The number of sulfonamides is 1. The Morgan fingerprint density at radius 3 is 2.34 bits per heavy atom. The normalized spacial score (nSPS) is 20.1. The lowest BCUT2D eigenvalue weighted by Crippen LogP contribution is -2.46. The molecule has 1 amide bonds. The van der Waals surface area contributed by atoms with Crippen LogP contribution in [0.3, 0.4) is 0 Å². The SMILES string of the molecule is O=C(C1CCN(S(=O)(=O)c2ccccc2F)CC1)N1CCC(n2ccnc2)CC1. The summed E-state index contributed by atoms with van der Waals surface area (Å²) in [7, 11) is -3.87. The lowest BCUT2D eigenvalue weighted by Gasteiger charge is -2.37. The summed E-state index contributed by atoms with van der Waals surface area (Å²) in [6.07, 6.45) is 8.25. The van der Waals surface area contributed by atoms with Crippen molar-refractivity contribution in [1.82, 2.24) is 18.8 Å². The van der Waals surface area contributed by atoms with E-state index in [0.29, 0.717) is 32.0 Å². The molecule has 7 nitrogen and oxygen atoms in total. The van der Waals surface area contributed by atoms with Crippen molar-refractivity contribution in [2.45, 2.75) is 36.6 Å². The number of hydrogen-bond acceptors (Lipinski definition) is 4. The van der Waals surface area contributed by atoms with E-state index in [1.807, 2.05) is 17.4 Å². The van der Waals surface area contributed by atoms with Crippen molar-refractivity contribution in [2.24, 2.45) is 5.92 Å². The van der Waals surface area contributed by atoms with Crippen molar-refractivity contribution >= 4 is 15.9 Å². The predicted octanol–water partition coefficient (Wildman–Crippen LogP) is 2.29. The van der Waals surface area contributed by atoms with Crippen molar-refractivity contribution in [2.75, 3.05) is 26.2 Å². The molecule has 2 saturated heterocycles. The maximum Gasteiger partial charge on any atom is 0.245 e. The van der Waals surface area contributed by atoms with Crippen LogP contribution >= 0.6 is 0 Å². The molecule has 0 unspecified atom stereocenters. The molecule has 0 atom stereocenters. The van der Waals surface area contributed by atoms with Crippen LogP contribution in [0, 0.1) is 11.7 Å². The molecule has 2 fully saturated rings. The minimum atomic E-state index is -3.87. The van der Waals surface area contributed by atoms with Gasteiger partial charge in [0.1, 0.15) is 10.7 Å². The zero-order valence-electron chi connectivity index (χ0n) is 16.2. The molecular formula is C20H25FN4O3S. The van der Waals surface area contributed by atoms with E-state index in [9.17, 15) is 17.6 Å². The average Bonchev–Trinajstić information content (AvgIpc) is 3.28. The number of likely N-dealkylation sites (tertiary alicyclic amines) is 1. The smallest absolute Gasteiger partial charge is 0.245 e. The minimum absolute atomic E-state index is 0.108. The fraction of sp³-hybridized carbons (Fsp3) is 0.500. The second-order valence-electron chi connectivity index (χ2n) is 7.68. The third-order valence-electron chi connectivity index (χ3n) is 5.98. The predicted molar refractivity (Wildman–Crippen MR) is 105 cm³/mol. The van der Waals surface area contributed by atoms with Gasteiger partial charge < -0.3 is 9.47 Å². The van der Waals surface area contributed by atoms with Crippen LogP contribution in [0.15, 0.2) is 47.9 Å². The number of carbonyl (C=O) groups is 1. The molecule has 0 spiro atoms. The zero-order chi connectivity index (χ0) is 20.4.